The predicted molar refractivity (Wildman–Crippen MR) is 174 cm³/mol. The van der Waals surface area contributed by atoms with E-state index in [1.165, 1.54) is 27.3 Å². The summed E-state index contributed by atoms with van der Waals surface area (Å²) < 4.78 is 38.1. The fourth-order valence-corrected chi connectivity index (χ4v) is 6.74. The first-order valence-corrected chi connectivity index (χ1v) is 15.7. The van der Waals surface area contributed by atoms with Crippen LogP contribution in [0.3, 0.4) is 0 Å². The number of nitrogens with one attached hydrogen (secondary N) is 3. The lowest BCUT2D eigenvalue weighted by molar-refractivity contribution is -0.119. The molecule has 0 saturated carbocycles. The summed E-state index contributed by atoms with van der Waals surface area (Å²) in [5, 5.41) is 12.0. The van der Waals surface area contributed by atoms with Gasteiger partial charge in [0.2, 0.25) is 17.5 Å². The van der Waals surface area contributed by atoms with Gasteiger partial charge in [0.05, 0.1) is 28.5 Å². The van der Waals surface area contributed by atoms with E-state index in [-0.39, 0.29) is 39.8 Å². The maximum atomic E-state index is 15.5. The SMILES string of the molecule is COc1nc(-c2ccc(F)c(-c3c(F)ccc(NC(=O)c4nn(C)c(=O)n(C)c4=O)c3Cl)c2Cl)cc2c1C(NCC1CCC(=O)N1)CC2. The second kappa shape index (κ2) is 13.1. The van der Waals surface area contributed by atoms with Crippen LogP contribution in [-0.2, 0) is 25.3 Å². The predicted octanol–water partition coefficient (Wildman–Crippen LogP) is 3.91. The van der Waals surface area contributed by atoms with Crippen molar-refractivity contribution in [1.29, 1.82) is 0 Å². The van der Waals surface area contributed by atoms with Crippen LogP contribution in [-0.4, -0.2) is 50.8 Å². The number of methoxy groups -OCH3 is 1. The number of nitrogens with zero attached hydrogens (tertiary/aromatic N) is 4. The summed E-state index contributed by atoms with van der Waals surface area (Å²) in [6.07, 6.45) is 2.72. The Morgan fingerprint density at radius 3 is 2.44 bits per heavy atom. The number of pyridine rings is 1. The molecule has 12 nitrogen and oxygen atoms in total. The minimum Gasteiger partial charge on any atom is -0.481 e. The molecular weight excluding hydrogens is 671 g/mol. The lowest BCUT2D eigenvalue weighted by Crippen LogP contribution is -2.43. The number of halogens is 4. The highest BCUT2D eigenvalue weighted by molar-refractivity contribution is 6.39. The Hall–Kier alpha value is -4.66. The van der Waals surface area contributed by atoms with E-state index in [1.807, 2.05) is 6.07 Å². The van der Waals surface area contributed by atoms with Gasteiger partial charge >= 0.3 is 5.69 Å². The lowest BCUT2D eigenvalue weighted by atomic mass is 9.98. The molecule has 0 spiro atoms. The molecule has 0 bridgehead atoms. The van der Waals surface area contributed by atoms with Crippen LogP contribution < -0.4 is 31.9 Å². The summed E-state index contributed by atoms with van der Waals surface area (Å²) in [5.41, 5.74) is -0.830. The molecule has 16 heteroatoms. The minimum atomic E-state index is -1.03. The molecule has 2 aromatic heterocycles. The number of fused-ring (bicyclic) bond motifs is 1. The van der Waals surface area contributed by atoms with Crippen LogP contribution in [0.5, 0.6) is 5.88 Å². The van der Waals surface area contributed by atoms with Crippen LogP contribution in [0.25, 0.3) is 22.4 Å². The second-order valence-electron chi connectivity index (χ2n) is 11.5. The largest absolute Gasteiger partial charge is 0.481 e. The third kappa shape index (κ3) is 5.95. The molecule has 6 rings (SSSR count). The molecule has 2 aromatic carbocycles. The van der Waals surface area contributed by atoms with Crippen molar-refractivity contribution in [2.75, 3.05) is 19.0 Å². The van der Waals surface area contributed by atoms with E-state index in [0.717, 1.165) is 46.8 Å². The number of hydrogen-bond acceptors (Lipinski definition) is 8. The standard InChI is InChI=1S/C32H29Cl2F2N7O5/c1-42-31(46)28(41-43(2)32(42)47)29(45)39-20-10-8-18(36)25(27(20)34)24-17(35)7-6-16(26(24)33)21-12-14-4-9-19(23(14)30(40-21)48-3)37-13-15-5-11-22(44)38-15/h6-8,10,12,15,19,37H,4-5,9,11,13H2,1-3H3,(H,38,44)(H,39,45). The first kappa shape index (κ1) is 33.2. The summed E-state index contributed by atoms with van der Waals surface area (Å²) in [6.45, 7) is 0.595. The molecule has 1 fully saturated rings. The van der Waals surface area contributed by atoms with E-state index in [1.54, 1.807) is 0 Å². The summed E-state index contributed by atoms with van der Waals surface area (Å²) >= 11 is 13.4. The van der Waals surface area contributed by atoms with E-state index in [0.29, 0.717) is 35.5 Å². The van der Waals surface area contributed by atoms with Gasteiger partial charge in [0.1, 0.15) is 11.6 Å². The maximum Gasteiger partial charge on any atom is 0.346 e. The van der Waals surface area contributed by atoms with E-state index in [9.17, 15) is 19.2 Å². The zero-order valence-corrected chi connectivity index (χ0v) is 27.4. The molecule has 2 atom stereocenters. The molecule has 2 unspecified atom stereocenters. The van der Waals surface area contributed by atoms with Crippen molar-refractivity contribution in [3.8, 4) is 28.3 Å². The zero-order chi connectivity index (χ0) is 34.4. The highest BCUT2D eigenvalue weighted by Crippen LogP contribution is 2.46. The fraction of sp³-hybridized carbons (Fsp3) is 0.312. The van der Waals surface area contributed by atoms with E-state index >= 15 is 8.78 Å². The molecule has 4 aromatic rings. The molecular formula is C32H29Cl2F2N7O5. The average Bonchev–Trinajstić information content (AvgIpc) is 3.68. The van der Waals surface area contributed by atoms with Gasteiger partial charge in [0.25, 0.3) is 11.5 Å². The highest BCUT2D eigenvalue weighted by atomic mass is 35.5. The smallest absolute Gasteiger partial charge is 0.346 e. The third-order valence-electron chi connectivity index (χ3n) is 8.54. The Morgan fingerprint density at radius 1 is 1.04 bits per heavy atom. The Morgan fingerprint density at radius 2 is 1.75 bits per heavy atom. The number of amides is 2. The number of ether oxygens (including phenoxy) is 1. The molecule has 2 amide bonds. The van der Waals surface area contributed by atoms with Crippen molar-refractivity contribution >= 4 is 40.7 Å². The molecule has 3 N–H and O–H groups in total. The van der Waals surface area contributed by atoms with Gasteiger partial charge in [0, 0.05) is 61.4 Å². The maximum absolute atomic E-state index is 15.5. The number of carbonyl (C=O) groups excluding carboxylic acids is 2. The minimum absolute atomic E-state index is 0.0383. The average molecular weight is 701 g/mol. The Labute approximate surface area is 282 Å². The van der Waals surface area contributed by atoms with Gasteiger partial charge in [-0.1, -0.05) is 23.2 Å². The van der Waals surface area contributed by atoms with Gasteiger partial charge in [-0.25, -0.2) is 23.2 Å². The van der Waals surface area contributed by atoms with Crippen LogP contribution in [0.1, 0.15) is 46.9 Å². The molecule has 48 heavy (non-hydrogen) atoms. The van der Waals surface area contributed by atoms with Gasteiger partial charge in [-0.05, 0) is 55.2 Å². The molecule has 0 radical (unpaired) electrons. The van der Waals surface area contributed by atoms with Gasteiger partial charge in [-0.15, -0.1) is 0 Å². The first-order valence-electron chi connectivity index (χ1n) is 14.9. The molecule has 3 heterocycles. The lowest BCUT2D eigenvalue weighted by Gasteiger charge is -2.20. The Balaban J connectivity index is 1.35. The Kier molecular flexibility index (Phi) is 9.07. The van der Waals surface area contributed by atoms with Gasteiger partial charge in [-0.3, -0.25) is 19.0 Å². The topological polar surface area (TPSA) is 149 Å². The number of aryl methyl sites for hydroxylation is 2. The molecule has 1 aliphatic carbocycles. The number of aromatic nitrogens is 4. The third-order valence-corrected chi connectivity index (χ3v) is 9.33. The van der Waals surface area contributed by atoms with Crippen molar-refractivity contribution in [3.63, 3.8) is 0 Å². The van der Waals surface area contributed by atoms with Gasteiger partial charge in [-0.2, -0.15) is 5.10 Å². The van der Waals surface area contributed by atoms with Gasteiger partial charge < -0.3 is 20.7 Å². The normalized spacial score (nSPS) is 16.9. The van der Waals surface area contributed by atoms with Gasteiger partial charge in [0.15, 0.2) is 0 Å². The van der Waals surface area contributed by atoms with E-state index in [4.69, 9.17) is 27.9 Å². The summed E-state index contributed by atoms with van der Waals surface area (Å²) in [4.78, 5) is 53.8. The summed E-state index contributed by atoms with van der Waals surface area (Å²) in [5.74, 6) is -2.46. The summed E-state index contributed by atoms with van der Waals surface area (Å²) in [7, 11) is 3.94. The molecule has 1 saturated heterocycles. The van der Waals surface area contributed by atoms with E-state index in [2.05, 4.69) is 26.0 Å². The Bertz CT molecular complexity index is 2120. The van der Waals surface area contributed by atoms with Crippen LogP contribution in [0, 0.1) is 11.6 Å². The molecule has 2 aliphatic rings. The highest BCUT2D eigenvalue weighted by Gasteiger charge is 2.31. The number of hydrogen-bond donors (Lipinski definition) is 3. The second-order valence-corrected chi connectivity index (χ2v) is 12.3. The van der Waals surface area contributed by atoms with Crippen molar-refractivity contribution in [2.24, 2.45) is 14.1 Å². The number of benzene rings is 2. The monoisotopic (exact) mass is 699 g/mol. The first-order chi connectivity index (χ1) is 22.9. The van der Waals surface area contributed by atoms with Crippen molar-refractivity contribution < 1.29 is 23.1 Å². The van der Waals surface area contributed by atoms with Crippen LogP contribution in [0.4, 0.5) is 14.5 Å². The van der Waals surface area contributed by atoms with Crippen molar-refractivity contribution in [1.82, 2.24) is 30.0 Å². The van der Waals surface area contributed by atoms with Crippen LogP contribution in [0.2, 0.25) is 10.0 Å². The van der Waals surface area contributed by atoms with E-state index < -0.39 is 45.1 Å². The van der Waals surface area contributed by atoms with Crippen molar-refractivity contribution in [2.45, 2.75) is 37.8 Å². The van der Waals surface area contributed by atoms with Crippen molar-refractivity contribution in [3.05, 3.63) is 89.7 Å². The number of carbonyl (C=O) groups is 2. The summed E-state index contributed by atoms with van der Waals surface area (Å²) in [6, 6.07) is 6.45. The number of anilines is 1. The zero-order valence-electron chi connectivity index (χ0n) is 25.9. The quantitative estimate of drug-likeness (QED) is 0.251. The number of rotatable bonds is 8. The fourth-order valence-electron chi connectivity index (χ4n) is 6.10. The molecule has 250 valence electrons. The molecule has 1 aliphatic heterocycles. The van der Waals surface area contributed by atoms with Crippen LogP contribution in [0.15, 0.2) is 39.9 Å². The van der Waals surface area contributed by atoms with Crippen LogP contribution >= 0.6 is 23.2 Å².